The molecule has 0 bridgehead atoms. The maximum Gasteiger partial charge on any atom is 0.161 e. The molecule has 0 N–H and O–H groups in total. The van der Waals surface area contributed by atoms with E-state index in [9.17, 15) is 4.39 Å². The van der Waals surface area contributed by atoms with Crippen molar-refractivity contribution < 1.29 is 4.39 Å². The number of aromatic nitrogens is 2. The lowest BCUT2D eigenvalue weighted by molar-refractivity contribution is 0.639. The Morgan fingerprint density at radius 3 is 2.43 bits per heavy atom. The van der Waals surface area contributed by atoms with Gasteiger partial charge in [-0.15, -0.1) is 0 Å². The molecule has 3 aromatic rings. The number of benzene rings is 2. The maximum atomic E-state index is 13.9. The molecule has 0 aliphatic heterocycles. The first-order chi connectivity index (χ1) is 9.97. The topological polar surface area (TPSA) is 25.8 Å². The number of fused-ring (bicyclic) bond motifs is 1. The molecular weight excluding hydrogens is 310 g/mol. The summed E-state index contributed by atoms with van der Waals surface area (Å²) in [6.45, 7) is 3.77. The zero-order valence-corrected chi connectivity index (χ0v) is 12.9. The van der Waals surface area contributed by atoms with E-state index in [0.717, 1.165) is 16.7 Å². The quantitative estimate of drug-likeness (QED) is 0.564. The Morgan fingerprint density at radius 1 is 0.952 bits per heavy atom. The second-order valence-corrected chi connectivity index (χ2v) is 5.66. The molecular formula is C16H11Cl2FN2. The van der Waals surface area contributed by atoms with Gasteiger partial charge in [-0.3, -0.25) is 0 Å². The van der Waals surface area contributed by atoms with Gasteiger partial charge < -0.3 is 0 Å². The number of hydrogen-bond donors (Lipinski definition) is 0. The first-order valence-corrected chi connectivity index (χ1v) is 7.12. The molecule has 0 spiro atoms. The molecule has 5 heteroatoms. The van der Waals surface area contributed by atoms with Crippen molar-refractivity contribution in [2.45, 2.75) is 13.8 Å². The molecule has 3 rings (SSSR count). The molecule has 106 valence electrons. The summed E-state index contributed by atoms with van der Waals surface area (Å²) in [5, 5.41) is 1.04. The van der Waals surface area contributed by atoms with Crippen LogP contribution in [0.2, 0.25) is 10.2 Å². The second-order valence-electron chi connectivity index (χ2n) is 4.89. The molecule has 0 saturated heterocycles. The summed E-state index contributed by atoms with van der Waals surface area (Å²) < 4.78 is 13.9. The van der Waals surface area contributed by atoms with E-state index in [0.29, 0.717) is 16.4 Å². The van der Waals surface area contributed by atoms with Crippen molar-refractivity contribution in [3.8, 4) is 11.4 Å². The van der Waals surface area contributed by atoms with Crippen molar-refractivity contribution in [3.05, 3.63) is 57.5 Å². The molecule has 0 saturated carbocycles. The normalized spacial score (nSPS) is 11.1. The van der Waals surface area contributed by atoms with Gasteiger partial charge in [-0.05, 0) is 49.2 Å². The summed E-state index contributed by atoms with van der Waals surface area (Å²) in [6.07, 6.45) is 0. The highest BCUT2D eigenvalue weighted by molar-refractivity contribution is 6.34. The Balaban J connectivity index is 2.30. The minimum atomic E-state index is -0.417. The van der Waals surface area contributed by atoms with Crippen LogP contribution in [0.25, 0.3) is 22.3 Å². The fraction of sp³-hybridized carbons (Fsp3) is 0.125. The Labute approximate surface area is 131 Å². The van der Waals surface area contributed by atoms with E-state index in [1.54, 1.807) is 12.1 Å². The van der Waals surface area contributed by atoms with Crippen LogP contribution in [0.3, 0.4) is 0 Å². The third kappa shape index (κ3) is 2.47. The van der Waals surface area contributed by atoms with E-state index in [4.69, 9.17) is 23.2 Å². The molecule has 2 aromatic carbocycles. The van der Waals surface area contributed by atoms with Gasteiger partial charge in [0.25, 0.3) is 0 Å². The summed E-state index contributed by atoms with van der Waals surface area (Å²) in [4.78, 5) is 8.67. The molecule has 2 nitrogen and oxygen atoms in total. The van der Waals surface area contributed by atoms with Crippen LogP contribution in [-0.4, -0.2) is 9.97 Å². The Hall–Kier alpha value is -1.71. The zero-order valence-electron chi connectivity index (χ0n) is 11.4. The first kappa shape index (κ1) is 14.2. The van der Waals surface area contributed by atoms with Gasteiger partial charge in [-0.25, -0.2) is 14.4 Å². The summed E-state index contributed by atoms with van der Waals surface area (Å²) in [7, 11) is 0. The molecule has 0 aliphatic carbocycles. The molecule has 21 heavy (non-hydrogen) atoms. The van der Waals surface area contributed by atoms with Crippen molar-refractivity contribution in [1.82, 2.24) is 9.97 Å². The number of halogens is 3. The lowest BCUT2D eigenvalue weighted by Crippen LogP contribution is -1.96. The van der Waals surface area contributed by atoms with Crippen molar-refractivity contribution in [1.29, 1.82) is 0 Å². The average Bonchev–Trinajstić information content (AvgIpc) is 2.45. The van der Waals surface area contributed by atoms with Crippen LogP contribution in [0, 0.1) is 19.7 Å². The minimum Gasteiger partial charge on any atom is -0.228 e. The fourth-order valence-electron chi connectivity index (χ4n) is 2.20. The summed E-state index contributed by atoms with van der Waals surface area (Å²) in [6, 6.07) is 8.54. The third-order valence-electron chi connectivity index (χ3n) is 3.37. The van der Waals surface area contributed by atoms with Crippen LogP contribution in [0.1, 0.15) is 11.1 Å². The Bertz CT molecular complexity index is 863. The standard InChI is InChI=1S/C16H11Cl2FN2/c1-8-3-6-12(19)13-14(8)20-16(21-15(13)18)10-4-5-11(17)9(2)7-10/h3-7H,1-2H3. The first-order valence-electron chi connectivity index (χ1n) is 6.36. The van der Waals surface area contributed by atoms with Gasteiger partial charge in [0.2, 0.25) is 0 Å². The SMILES string of the molecule is Cc1cc(-c2nc(Cl)c3c(F)ccc(C)c3n2)ccc1Cl. The minimum absolute atomic E-state index is 0.115. The van der Waals surface area contributed by atoms with Crippen molar-refractivity contribution in [2.24, 2.45) is 0 Å². The van der Waals surface area contributed by atoms with E-state index >= 15 is 0 Å². The van der Waals surface area contributed by atoms with Crippen LogP contribution in [0.15, 0.2) is 30.3 Å². The van der Waals surface area contributed by atoms with Gasteiger partial charge in [0.15, 0.2) is 5.82 Å². The number of hydrogen-bond acceptors (Lipinski definition) is 2. The van der Waals surface area contributed by atoms with Crippen molar-refractivity contribution >= 4 is 34.1 Å². The van der Waals surface area contributed by atoms with Gasteiger partial charge in [-0.2, -0.15) is 0 Å². The Morgan fingerprint density at radius 2 is 1.71 bits per heavy atom. The van der Waals surface area contributed by atoms with Crippen molar-refractivity contribution in [3.63, 3.8) is 0 Å². The lowest BCUT2D eigenvalue weighted by atomic mass is 10.1. The van der Waals surface area contributed by atoms with Gasteiger partial charge in [0.05, 0.1) is 10.9 Å². The summed E-state index contributed by atoms with van der Waals surface area (Å²) in [5.41, 5.74) is 3.09. The fourth-order valence-corrected chi connectivity index (χ4v) is 2.58. The Kier molecular flexibility index (Phi) is 3.56. The number of rotatable bonds is 1. The van der Waals surface area contributed by atoms with E-state index < -0.39 is 5.82 Å². The van der Waals surface area contributed by atoms with Crippen molar-refractivity contribution in [2.75, 3.05) is 0 Å². The second kappa shape index (κ2) is 5.24. The van der Waals surface area contributed by atoms with Gasteiger partial charge in [0.1, 0.15) is 11.0 Å². The molecule has 0 amide bonds. The summed E-state index contributed by atoms with van der Waals surface area (Å²) in [5.74, 6) is 0.0420. The van der Waals surface area contributed by atoms with Crippen LogP contribution in [-0.2, 0) is 0 Å². The molecule has 0 unspecified atom stereocenters. The van der Waals surface area contributed by atoms with Crippen LogP contribution in [0.5, 0.6) is 0 Å². The van der Waals surface area contributed by atoms with Gasteiger partial charge >= 0.3 is 0 Å². The smallest absolute Gasteiger partial charge is 0.161 e. The molecule has 0 atom stereocenters. The molecule has 0 radical (unpaired) electrons. The van der Waals surface area contributed by atoms with E-state index in [1.807, 2.05) is 26.0 Å². The third-order valence-corrected chi connectivity index (χ3v) is 4.07. The number of nitrogens with zero attached hydrogens (tertiary/aromatic N) is 2. The highest BCUT2D eigenvalue weighted by atomic mass is 35.5. The predicted octanol–water partition coefficient (Wildman–Crippen LogP) is 5.36. The summed E-state index contributed by atoms with van der Waals surface area (Å²) >= 11 is 12.2. The maximum absolute atomic E-state index is 13.9. The highest BCUT2D eigenvalue weighted by Gasteiger charge is 2.14. The van der Waals surface area contributed by atoms with E-state index in [-0.39, 0.29) is 10.5 Å². The number of aryl methyl sites for hydroxylation is 2. The monoisotopic (exact) mass is 320 g/mol. The van der Waals surface area contributed by atoms with Gasteiger partial charge in [-0.1, -0.05) is 29.3 Å². The van der Waals surface area contributed by atoms with Crippen LogP contribution >= 0.6 is 23.2 Å². The largest absolute Gasteiger partial charge is 0.228 e. The highest BCUT2D eigenvalue weighted by Crippen LogP contribution is 2.30. The van der Waals surface area contributed by atoms with E-state index in [2.05, 4.69) is 9.97 Å². The van der Waals surface area contributed by atoms with Gasteiger partial charge in [0, 0.05) is 10.6 Å². The predicted molar refractivity (Wildman–Crippen MR) is 84.4 cm³/mol. The molecule has 1 heterocycles. The molecule has 0 fully saturated rings. The zero-order chi connectivity index (χ0) is 15.1. The van der Waals surface area contributed by atoms with E-state index in [1.165, 1.54) is 6.07 Å². The average molecular weight is 321 g/mol. The van der Waals surface area contributed by atoms with Crippen LogP contribution < -0.4 is 0 Å². The molecule has 1 aromatic heterocycles. The lowest BCUT2D eigenvalue weighted by Gasteiger charge is -2.08. The van der Waals surface area contributed by atoms with Crippen LogP contribution in [0.4, 0.5) is 4.39 Å². The molecule has 0 aliphatic rings.